The highest BCUT2D eigenvalue weighted by atomic mass is 32.2. The molecule has 2 aliphatic rings. The summed E-state index contributed by atoms with van der Waals surface area (Å²) in [6, 6.07) is 8.45. The molecule has 3 unspecified atom stereocenters. The molecule has 0 spiro atoms. The Morgan fingerprint density at radius 2 is 2.10 bits per heavy atom. The summed E-state index contributed by atoms with van der Waals surface area (Å²) in [4.78, 5) is 6.78. The van der Waals surface area contributed by atoms with Crippen LogP contribution in [0, 0.1) is 0 Å². The number of nitrogens with one attached hydrogen (secondary N) is 1. The summed E-state index contributed by atoms with van der Waals surface area (Å²) in [5, 5.41) is 4.80. The zero-order valence-electron chi connectivity index (χ0n) is 17.3. The summed E-state index contributed by atoms with van der Waals surface area (Å²) in [6.07, 6.45) is 8.62. The molecule has 2 aromatic heterocycles. The van der Waals surface area contributed by atoms with Crippen LogP contribution in [0.3, 0.4) is 0 Å². The molecule has 2 aromatic rings. The van der Waals surface area contributed by atoms with Gasteiger partial charge in [-0.25, -0.2) is 4.98 Å². The quantitative estimate of drug-likeness (QED) is 0.697. The predicted molar refractivity (Wildman–Crippen MR) is 115 cm³/mol. The van der Waals surface area contributed by atoms with Gasteiger partial charge in [-0.05, 0) is 50.3 Å². The van der Waals surface area contributed by atoms with Gasteiger partial charge in [0.1, 0.15) is 12.1 Å². The third kappa shape index (κ3) is 4.94. The topological polar surface area (TPSA) is 78.3 Å². The van der Waals surface area contributed by atoms with Crippen molar-refractivity contribution < 1.29 is 9.29 Å². The maximum absolute atomic E-state index is 11.8. The average Bonchev–Trinajstić information content (AvgIpc) is 3.17. The van der Waals surface area contributed by atoms with Crippen molar-refractivity contribution in [1.29, 1.82) is 0 Å². The summed E-state index contributed by atoms with van der Waals surface area (Å²) < 4.78 is 23.5. The second kappa shape index (κ2) is 9.47. The van der Waals surface area contributed by atoms with Crippen LogP contribution in [0.2, 0.25) is 0 Å². The number of rotatable bonds is 7. The standard InChI is InChI=1S/C21H31N5O2S/c1-3-16-14-17-7-8-19(24-29(2)27)20(26(17)23-16)15-28-18-9-12-25(13-10-18)21-6-4-5-11-22-21/h4-6,11,14,18-20,24H,3,7-10,12-13,15H2,1-2H3. The molecule has 29 heavy (non-hydrogen) atoms. The molecule has 4 heterocycles. The van der Waals surface area contributed by atoms with E-state index in [-0.39, 0.29) is 18.2 Å². The Balaban J connectivity index is 1.37. The molecule has 1 fully saturated rings. The Kier molecular flexibility index (Phi) is 6.74. The smallest absolute Gasteiger partial charge is 0.128 e. The van der Waals surface area contributed by atoms with Gasteiger partial charge in [0.2, 0.25) is 0 Å². The molecule has 0 radical (unpaired) electrons. The van der Waals surface area contributed by atoms with E-state index < -0.39 is 11.4 Å². The number of nitrogens with zero attached hydrogens (tertiary/aromatic N) is 4. The van der Waals surface area contributed by atoms with Gasteiger partial charge in [0.15, 0.2) is 0 Å². The van der Waals surface area contributed by atoms with Crippen LogP contribution in [-0.4, -0.2) is 57.4 Å². The van der Waals surface area contributed by atoms with Gasteiger partial charge in [-0.1, -0.05) is 13.0 Å². The number of hydrogen-bond donors (Lipinski definition) is 1. The molecule has 8 heteroatoms. The number of hydrogen-bond acceptors (Lipinski definition) is 6. The van der Waals surface area contributed by atoms with Gasteiger partial charge >= 0.3 is 0 Å². The summed E-state index contributed by atoms with van der Waals surface area (Å²) in [5.41, 5.74) is 2.38. The molecule has 158 valence electrons. The summed E-state index contributed by atoms with van der Waals surface area (Å²) in [5.74, 6) is 1.04. The second-order valence-corrected chi connectivity index (χ2v) is 9.06. The number of aryl methyl sites for hydroxylation is 2. The van der Waals surface area contributed by atoms with Crippen molar-refractivity contribution in [2.75, 3.05) is 30.9 Å². The molecule has 7 nitrogen and oxygen atoms in total. The maximum atomic E-state index is 11.8. The first-order valence-electron chi connectivity index (χ1n) is 10.6. The number of anilines is 1. The first kappa shape index (κ1) is 20.7. The minimum absolute atomic E-state index is 0.0803. The normalized spacial score (nSPS) is 23.8. The van der Waals surface area contributed by atoms with E-state index in [0.717, 1.165) is 56.7 Å². The number of pyridine rings is 1. The Bertz CT molecular complexity index is 777. The fraction of sp³-hybridized carbons (Fsp3) is 0.619. The number of piperidine rings is 1. The van der Waals surface area contributed by atoms with E-state index in [2.05, 4.69) is 38.3 Å². The highest BCUT2D eigenvalue weighted by Gasteiger charge is 2.34. The van der Waals surface area contributed by atoms with Crippen LogP contribution in [0.5, 0.6) is 0 Å². The lowest BCUT2D eigenvalue weighted by Gasteiger charge is -2.36. The van der Waals surface area contributed by atoms with E-state index in [4.69, 9.17) is 9.84 Å². The first-order chi connectivity index (χ1) is 14.1. The summed E-state index contributed by atoms with van der Waals surface area (Å²) in [7, 11) is 0. The number of fused-ring (bicyclic) bond motifs is 1. The molecule has 1 N–H and O–H groups in total. The molecule has 0 aliphatic carbocycles. The van der Waals surface area contributed by atoms with Gasteiger partial charge in [-0.3, -0.25) is 4.68 Å². The number of aromatic nitrogens is 3. The van der Waals surface area contributed by atoms with Crippen molar-refractivity contribution in [3.05, 3.63) is 41.9 Å². The van der Waals surface area contributed by atoms with E-state index in [1.54, 1.807) is 6.26 Å². The van der Waals surface area contributed by atoms with Crippen molar-refractivity contribution in [3.63, 3.8) is 0 Å². The maximum Gasteiger partial charge on any atom is 0.128 e. The minimum atomic E-state index is -1.05. The lowest BCUT2D eigenvalue weighted by molar-refractivity contribution is 0.00606. The van der Waals surface area contributed by atoms with E-state index in [9.17, 15) is 4.55 Å². The molecule has 0 bridgehead atoms. The van der Waals surface area contributed by atoms with Crippen LogP contribution in [0.4, 0.5) is 5.82 Å². The van der Waals surface area contributed by atoms with E-state index in [1.807, 2.05) is 18.3 Å². The van der Waals surface area contributed by atoms with Gasteiger partial charge in [-0.15, -0.1) is 4.72 Å². The molecule has 4 rings (SSSR count). The van der Waals surface area contributed by atoms with Crippen molar-refractivity contribution in [2.24, 2.45) is 0 Å². The summed E-state index contributed by atoms with van der Waals surface area (Å²) >= 11 is -1.05. The number of ether oxygens (including phenoxy) is 1. The van der Waals surface area contributed by atoms with Gasteiger partial charge in [0, 0.05) is 36.3 Å². The highest BCUT2D eigenvalue weighted by molar-refractivity contribution is 7.88. The SMILES string of the molecule is CCc1cc2n(n1)C(COC1CCN(c3ccccn3)CC1)C(N[S+](C)[O-])CC2. The molecule has 0 amide bonds. The van der Waals surface area contributed by atoms with Crippen LogP contribution in [-0.2, 0) is 28.9 Å². The first-order valence-corrected chi connectivity index (χ1v) is 12.1. The van der Waals surface area contributed by atoms with Crippen molar-refractivity contribution >= 4 is 17.2 Å². The third-order valence-electron chi connectivity index (χ3n) is 5.95. The Hall–Kier alpha value is -1.61. The van der Waals surface area contributed by atoms with Gasteiger partial charge in [0.05, 0.1) is 30.5 Å². The summed E-state index contributed by atoms with van der Waals surface area (Å²) in [6.45, 7) is 4.65. The zero-order chi connectivity index (χ0) is 20.2. The zero-order valence-corrected chi connectivity index (χ0v) is 18.1. The lowest BCUT2D eigenvalue weighted by atomic mass is 9.98. The van der Waals surface area contributed by atoms with Crippen LogP contribution < -0.4 is 9.62 Å². The Labute approximate surface area is 176 Å². The molecule has 1 saturated heterocycles. The monoisotopic (exact) mass is 417 g/mol. The molecular weight excluding hydrogens is 386 g/mol. The van der Waals surface area contributed by atoms with E-state index in [1.165, 1.54) is 5.69 Å². The average molecular weight is 418 g/mol. The van der Waals surface area contributed by atoms with Crippen molar-refractivity contribution in [3.8, 4) is 0 Å². The van der Waals surface area contributed by atoms with E-state index in [0.29, 0.717) is 6.61 Å². The lowest BCUT2D eigenvalue weighted by Crippen LogP contribution is -2.47. The van der Waals surface area contributed by atoms with Crippen LogP contribution in [0.1, 0.15) is 43.6 Å². The molecule has 0 saturated carbocycles. The van der Waals surface area contributed by atoms with Crippen LogP contribution in [0.15, 0.2) is 30.5 Å². The van der Waals surface area contributed by atoms with Crippen LogP contribution >= 0.6 is 0 Å². The fourth-order valence-electron chi connectivity index (χ4n) is 4.37. The third-order valence-corrected chi connectivity index (χ3v) is 6.59. The molecule has 2 aliphatic heterocycles. The van der Waals surface area contributed by atoms with Crippen molar-refractivity contribution in [1.82, 2.24) is 19.5 Å². The predicted octanol–water partition coefficient (Wildman–Crippen LogP) is 2.27. The largest absolute Gasteiger partial charge is 0.598 e. The fourth-order valence-corrected chi connectivity index (χ4v) is 5.07. The minimum Gasteiger partial charge on any atom is -0.598 e. The Morgan fingerprint density at radius 3 is 2.79 bits per heavy atom. The Morgan fingerprint density at radius 1 is 1.28 bits per heavy atom. The van der Waals surface area contributed by atoms with Gasteiger partial charge < -0.3 is 14.2 Å². The van der Waals surface area contributed by atoms with E-state index >= 15 is 0 Å². The van der Waals surface area contributed by atoms with Gasteiger partial charge in [0.25, 0.3) is 0 Å². The van der Waals surface area contributed by atoms with Gasteiger partial charge in [-0.2, -0.15) is 5.10 Å². The highest BCUT2D eigenvalue weighted by Crippen LogP contribution is 2.28. The molecule has 0 aromatic carbocycles. The second-order valence-electron chi connectivity index (χ2n) is 7.92. The van der Waals surface area contributed by atoms with Crippen LogP contribution in [0.25, 0.3) is 0 Å². The van der Waals surface area contributed by atoms with Crippen molar-refractivity contribution in [2.45, 2.75) is 57.2 Å². The molecule has 3 atom stereocenters. The molecular formula is C21H31N5O2S.